The van der Waals surface area contributed by atoms with Gasteiger partial charge in [0, 0.05) is 6.07 Å². The molecule has 4 nitrogen and oxygen atoms in total. The smallest absolute Gasteiger partial charge is 0.416 e. The molecule has 0 atom stereocenters. The van der Waals surface area contributed by atoms with E-state index in [9.17, 15) is 18.3 Å². The Morgan fingerprint density at radius 2 is 1.45 bits per heavy atom. The van der Waals surface area contributed by atoms with Crippen LogP contribution < -0.4 is 0 Å². The molecular weight excluding hydrogens is 273 g/mol. The van der Waals surface area contributed by atoms with Crippen LogP contribution in [0.4, 0.5) is 24.5 Å². The molecule has 0 aliphatic heterocycles. The van der Waals surface area contributed by atoms with Crippen LogP contribution in [-0.4, -0.2) is 10.2 Å². The number of alkyl halides is 3. The number of rotatable bonds is 2. The Labute approximate surface area is 111 Å². The highest BCUT2D eigenvalue weighted by atomic mass is 19.4. The summed E-state index contributed by atoms with van der Waals surface area (Å²) in [5.41, 5.74) is -0.576. The first-order valence-electron chi connectivity index (χ1n) is 5.47. The van der Waals surface area contributed by atoms with E-state index in [1.165, 1.54) is 24.3 Å². The number of nitrogens with zero attached hydrogens (tertiary/aromatic N) is 2. The molecule has 7 heteroatoms. The first kappa shape index (κ1) is 13.9. The van der Waals surface area contributed by atoms with E-state index in [4.69, 9.17) is 5.11 Å². The van der Waals surface area contributed by atoms with E-state index in [2.05, 4.69) is 10.2 Å². The van der Waals surface area contributed by atoms with Crippen LogP contribution in [0.15, 0.2) is 52.7 Å². The van der Waals surface area contributed by atoms with Gasteiger partial charge >= 0.3 is 6.18 Å². The largest absolute Gasteiger partial charge is 0.504 e. The number of hydrogen-bond acceptors (Lipinski definition) is 4. The molecule has 0 unspecified atom stereocenters. The molecule has 104 valence electrons. The Morgan fingerprint density at radius 3 is 2.05 bits per heavy atom. The molecule has 2 aromatic carbocycles. The average molecular weight is 282 g/mol. The van der Waals surface area contributed by atoms with Crippen molar-refractivity contribution in [1.82, 2.24) is 0 Å². The molecule has 0 saturated heterocycles. The molecule has 0 aliphatic rings. The lowest BCUT2D eigenvalue weighted by Crippen LogP contribution is -2.03. The summed E-state index contributed by atoms with van der Waals surface area (Å²) in [5, 5.41) is 25.7. The van der Waals surface area contributed by atoms with Crippen molar-refractivity contribution in [3.8, 4) is 11.5 Å². The zero-order chi connectivity index (χ0) is 14.8. The zero-order valence-corrected chi connectivity index (χ0v) is 9.96. The number of aromatic hydroxyl groups is 2. The summed E-state index contributed by atoms with van der Waals surface area (Å²) >= 11 is 0. The lowest BCUT2D eigenvalue weighted by Gasteiger charge is -2.05. The Hall–Kier alpha value is -2.57. The monoisotopic (exact) mass is 282 g/mol. The van der Waals surface area contributed by atoms with E-state index >= 15 is 0 Å². The van der Waals surface area contributed by atoms with Gasteiger partial charge in [-0.3, -0.25) is 0 Å². The minimum atomic E-state index is -4.44. The van der Waals surface area contributed by atoms with Crippen molar-refractivity contribution in [2.45, 2.75) is 6.18 Å². The highest BCUT2D eigenvalue weighted by Gasteiger charge is 2.30. The molecule has 0 saturated carbocycles. The zero-order valence-electron chi connectivity index (χ0n) is 9.96. The maximum Gasteiger partial charge on any atom is 0.416 e. The highest BCUT2D eigenvalue weighted by molar-refractivity contribution is 5.50. The van der Waals surface area contributed by atoms with Gasteiger partial charge in [-0.2, -0.15) is 23.4 Å². The molecule has 20 heavy (non-hydrogen) atoms. The van der Waals surface area contributed by atoms with Gasteiger partial charge in [-0.1, -0.05) is 6.07 Å². The minimum Gasteiger partial charge on any atom is -0.504 e. The molecule has 0 heterocycles. The van der Waals surface area contributed by atoms with Gasteiger partial charge in [0.25, 0.3) is 0 Å². The summed E-state index contributed by atoms with van der Waals surface area (Å²) in [7, 11) is 0. The van der Waals surface area contributed by atoms with Crippen molar-refractivity contribution in [3.05, 3.63) is 48.0 Å². The molecule has 0 spiro atoms. The third-order valence-electron chi connectivity index (χ3n) is 2.41. The van der Waals surface area contributed by atoms with Crippen molar-refractivity contribution in [3.63, 3.8) is 0 Å². The molecule has 2 N–H and O–H groups in total. The van der Waals surface area contributed by atoms with Crippen molar-refractivity contribution in [2.75, 3.05) is 0 Å². The number of phenols is 2. The number of phenolic OH excluding ortho intramolecular Hbond substituents is 2. The van der Waals surface area contributed by atoms with Gasteiger partial charge in [-0.15, -0.1) is 0 Å². The SMILES string of the molecule is Oc1ccc(N=Nc2cccc(C(F)(F)F)c2)cc1O. The first-order chi connectivity index (χ1) is 9.36. The van der Waals surface area contributed by atoms with Crippen molar-refractivity contribution >= 4 is 11.4 Å². The fraction of sp³-hybridized carbons (Fsp3) is 0.0769. The van der Waals surface area contributed by atoms with Crippen LogP contribution in [-0.2, 0) is 6.18 Å². The van der Waals surface area contributed by atoms with Crippen LogP contribution in [0.25, 0.3) is 0 Å². The third-order valence-corrected chi connectivity index (χ3v) is 2.41. The molecule has 0 bridgehead atoms. The van der Waals surface area contributed by atoms with Crippen LogP contribution in [0.2, 0.25) is 0 Å². The third kappa shape index (κ3) is 3.25. The molecule has 2 rings (SSSR count). The van der Waals surface area contributed by atoms with Crippen LogP contribution in [0.5, 0.6) is 11.5 Å². The van der Waals surface area contributed by atoms with E-state index in [0.29, 0.717) is 0 Å². The molecule has 0 radical (unpaired) electrons. The summed E-state index contributed by atoms with van der Waals surface area (Å²) in [6.45, 7) is 0. The lowest BCUT2D eigenvalue weighted by molar-refractivity contribution is -0.137. The lowest BCUT2D eigenvalue weighted by atomic mass is 10.2. The highest BCUT2D eigenvalue weighted by Crippen LogP contribution is 2.33. The topological polar surface area (TPSA) is 65.2 Å². The molecule has 0 aromatic heterocycles. The minimum absolute atomic E-state index is 0.0346. The van der Waals surface area contributed by atoms with Gasteiger partial charge < -0.3 is 10.2 Å². The maximum absolute atomic E-state index is 12.5. The Morgan fingerprint density at radius 1 is 0.800 bits per heavy atom. The first-order valence-corrected chi connectivity index (χ1v) is 5.47. The Kier molecular flexibility index (Phi) is 3.60. The predicted molar refractivity (Wildman–Crippen MR) is 65.4 cm³/mol. The van der Waals surface area contributed by atoms with Gasteiger partial charge in [0.05, 0.1) is 16.9 Å². The van der Waals surface area contributed by atoms with Gasteiger partial charge in [-0.25, -0.2) is 0 Å². The van der Waals surface area contributed by atoms with Crippen molar-refractivity contribution < 1.29 is 23.4 Å². The van der Waals surface area contributed by atoms with E-state index in [0.717, 1.165) is 18.2 Å². The number of hydrogen-bond donors (Lipinski definition) is 2. The second-order valence-corrected chi connectivity index (χ2v) is 3.92. The number of halogens is 3. The number of benzene rings is 2. The fourth-order valence-electron chi connectivity index (χ4n) is 1.43. The summed E-state index contributed by atoms with van der Waals surface area (Å²) in [6.07, 6.45) is -4.44. The molecular formula is C13H9F3N2O2. The van der Waals surface area contributed by atoms with Crippen molar-refractivity contribution in [2.24, 2.45) is 10.2 Å². The second-order valence-electron chi connectivity index (χ2n) is 3.92. The van der Waals surface area contributed by atoms with Gasteiger partial charge in [0.2, 0.25) is 0 Å². The van der Waals surface area contributed by atoms with Gasteiger partial charge in [-0.05, 0) is 30.3 Å². The van der Waals surface area contributed by atoms with E-state index < -0.39 is 11.7 Å². The number of azo groups is 1. The Bertz CT molecular complexity index is 654. The van der Waals surface area contributed by atoms with E-state index in [-0.39, 0.29) is 22.9 Å². The van der Waals surface area contributed by atoms with Crippen LogP contribution >= 0.6 is 0 Å². The summed E-state index contributed by atoms with van der Waals surface area (Å²) in [6, 6.07) is 8.12. The van der Waals surface area contributed by atoms with E-state index in [1.807, 2.05) is 0 Å². The van der Waals surface area contributed by atoms with Crippen molar-refractivity contribution in [1.29, 1.82) is 0 Å². The molecule has 0 amide bonds. The summed E-state index contributed by atoms with van der Waals surface area (Å²) < 4.78 is 37.5. The predicted octanol–water partition coefficient (Wildman–Crippen LogP) is 4.53. The van der Waals surface area contributed by atoms with E-state index in [1.54, 1.807) is 0 Å². The fourth-order valence-corrected chi connectivity index (χ4v) is 1.43. The van der Waals surface area contributed by atoms with Crippen LogP contribution in [0.1, 0.15) is 5.56 Å². The van der Waals surface area contributed by atoms with Crippen LogP contribution in [0.3, 0.4) is 0 Å². The van der Waals surface area contributed by atoms with Gasteiger partial charge in [0.1, 0.15) is 0 Å². The quantitative estimate of drug-likeness (QED) is 0.627. The standard InChI is InChI=1S/C13H9F3N2O2/c14-13(15,16)8-2-1-3-9(6-8)17-18-10-4-5-11(19)12(20)7-10/h1-7,19-20H. The maximum atomic E-state index is 12.5. The van der Waals surface area contributed by atoms with Crippen LogP contribution in [0, 0.1) is 0 Å². The average Bonchev–Trinajstić information content (AvgIpc) is 2.39. The molecule has 0 fully saturated rings. The summed E-state index contributed by atoms with van der Waals surface area (Å²) in [4.78, 5) is 0. The molecule has 0 aliphatic carbocycles. The second kappa shape index (κ2) is 5.20. The Balaban J connectivity index is 2.25. The summed E-state index contributed by atoms with van der Waals surface area (Å²) in [5.74, 6) is -0.700. The van der Waals surface area contributed by atoms with Gasteiger partial charge in [0.15, 0.2) is 11.5 Å². The normalized spacial score (nSPS) is 11.9. The molecule has 2 aromatic rings.